The Labute approximate surface area is 169 Å². The lowest BCUT2D eigenvalue weighted by molar-refractivity contribution is -0.117. The number of nitrogens with two attached hydrogens (primary N) is 1. The molecule has 1 aromatic heterocycles. The van der Waals surface area contributed by atoms with Crippen molar-refractivity contribution >= 4 is 44.9 Å². The number of thioether (sulfide) groups is 1. The molecule has 1 saturated carbocycles. The van der Waals surface area contributed by atoms with Gasteiger partial charge in [0.15, 0.2) is 5.82 Å². The minimum atomic E-state index is -3.77. The summed E-state index contributed by atoms with van der Waals surface area (Å²) < 4.78 is 55.4. The fourth-order valence-electron chi connectivity index (χ4n) is 3.00. The van der Waals surface area contributed by atoms with Crippen LogP contribution in [0, 0.1) is 17.6 Å². The van der Waals surface area contributed by atoms with Crippen LogP contribution in [0.1, 0.15) is 24.5 Å². The Balaban J connectivity index is 1.56. The average Bonchev–Trinajstić information content (AvgIpc) is 3.34. The van der Waals surface area contributed by atoms with E-state index in [0.29, 0.717) is 16.3 Å². The van der Waals surface area contributed by atoms with Crippen LogP contribution in [0.4, 0.5) is 26.0 Å². The van der Waals surface area contributed by atoms with Crippen molar-refractivity contribution in [3.63, 3.8) is 0 Å². The number of amides is 1. The average molecular weight is 441 g/mol. The number of nitrogens with zero attached hydrogens (tertiary/aromatic N) is 2. The normalized spacial score (nSPS) is 18.3. The van der Waals surface area contributed by atoms with Crippen LogP contribution in [0.3, 0.4) is 0 Å². The Morgan fingerprint density at radius 1 is 1.28 bits per heavy atom. The molecule has 12 heteroatoms. The summed E-state index contributed by atoms with van der Waals surface area (Å²) in [7, 11) is -3.77. The van der Waals surface area contributed by atoms with Gasteiger partial charge in [-0.1, -0.05) is 0 Å². The second-order valence-corrected chi connectivity index (χ2v) is 9.73. The third-order valence-corrected chi connectivity index (χ3v) is 7.30. The van der Waals surface area contributed by atoms with Gasteiger partial charge in [-0.2, -0.15) is 0 Å². The highest BCUT2D eigenvalue weighted by atomic mass is 32.2. The van der Waals surface area contributed by atoms with Gasteiger partial charge in [-0.25, -0.2) is 27.2 Å². The molecule has 1 fully saturated rings. The van der Waals surface area contributed by atoms with E-state index in [1.54, 1.807) is 0 Å². The van der Waals surface area contributed by atoms with Crippen LogP contribution in [-0.2, 0) is 14.8 Å². The van der Waals surface area contributed by atoms with Crippen molar-refractivity contribution in [1.82, 2.24) is 9.97 Å². The number of sulfonamides is 1. The lowest BCUT2D eigenvalue weighted by Gasteiger charge is -2.15. The third kappa shape index (κ3) is 4.13. The number of hydrogen-bond acceptors (Lipinski definition) is 7. The summed E-state index contributed by atoms with van der Waals surface area (Å²) in [6.07, 6.45) is 2.84. The van der Waals surface area contributed by atoms with E-state index in [9.17, 15) is 22.0 Å². The minimum Gasteiger partial charge on any atom is -0.383 e. The van der Waals surface area contributed by atoms with Crippen molar-refractivity contribution in [2.45, 2.75) is 23.7 Å². The summed E-state index contributed by atoms with van der Waals surface area (Å²) in [5, 5.41) is 2.22. The third-order valence-electron chi connectivity index (χ3n) is 4.66. The molecule has 154 valence electrons. The monoisotopic (exact) mass is 441 g/mol. The lowest BCUT2D eigenvalue weighted by atomic mass is 10.1. The maximum absolute atomic E-state index is 14.8. The fourth-order valence-corrected chi connectivity index (χ4v) is 5.72. The molecule has 8 nitrogen and oxygen atoms in total. The summed E-state index contributed by atoms with van der Waals surface area (Å²) in [6.45, 7) is 0. The summed E-state index contributed by atoms with van der Waals surface area (Å²) in [5.41, 5.74) is 5.01. The van der Waals surface area contributed by atoms with E-state index in [-0.39, 0.29) is 17.5 Å². The molecule has 4 rings (SSSR count). The first-order valence-corrected chi connectivity index (χ1v) is 11.4. The number of carbonyl (C=O) groups is 1. The van der Waals surface area contributed by atoms with Crippen molar-refractivity contribution < 1.29 is 22.0 Å². The minimum absolute atomic E-state index is 0.0598. The molecule has 1 amide bonds. The van der Waals surface area contributed by atoms with E-state index in [2.05, 4.69) is 20.0 Å². The van der Waals surface area contributed by atoms with Crippen molar-refractivity contribution in [3.8, 4) is 0 Å². The molecule has 4 N–H and O–H groups in total. The first-order chi connectivity index (χ1) is 13.7. The summed E-state index contributed by atoms with van der Waals surface area (Å²) in [5.74, 6) is -3.19. The Kier molecular flexibility index (Phi) is 5.07. The summed E-state index contributed by atoms with van der Waals surface area (Å²) in [4.78, 5) is 21.1. The van der Waals surface area contributed by atoms with Crippen molar-refractivity contribution in [2.75, 3.05) is 27.3 Å². The van der Waals surface area contributed by atoms with Crippen molar-refractivity contribution in [3.05, 3.63) is 35.8 Å². The maximum atomic E-state index is 14.8. The topological polar surface area (TPSA) is 127 Å². The van der Waals surface area contributed by atoms with Gasteiger partial charge in [0.05, 0.1) is 27.9 Å². The zero-order chi connectivity index (χ0) is 20.8. The molecule has 0 spiro atoms. The molecule has 1 atom stereocenters. The number of anilines is 3. The van der Waals surface area contributed by atoms with Crippen LogP contribution >= 0.6 is 11.8 Å². The second-order valence-electron chi connectivity index (χ2n) is 6.94. The Hall–Kier alpha value is -2.47. The zero-order valence-electron chi connectivity index (χ0n) is 15.0. The molecule has 0 saturated heterocycles. The molecule has 1 aromatic carbocycles. The standard InChI is InChI=1S/C17H17F2N5O3S2/c18-10-3-4-11(24-29(26,27)6-8-1-2-8)12(19)14(10)23-17(25)9-5-28-15-13(9)21-7-22-16(15)20/h3-4,7-9,24H,1-2,5-6H2,(H,23,25)(H2,20,21,22). The zero-order valence-corrected chi connectivity index (χ0v) is 16.6. The molecule has 1 aliphatic carbocycles. The van der Waals surface area contributed by atoms with Gasteiger partial charge in [0.25, 0.3) is 0 Å². The van der Waals surface area contributed by atoms with Crippen LogP contribution in [-0.4, -0.2) is 35.8 Å². The van der Waals surface area contributed by atoms with Gasteiger partial charge in [-0.3, -0.25) is 9.52 Å². The van der Waals surface area contributed by atoms with Gasteiger partial charge >= 0.3 is 0 Å². The number of nitrogens with one attached hydrogen (secondary N) is 2. The molecular formula is C17H17F2N5O3S2. The largest absolute Gasteiger partial charge is 0.383 e. The molecule has 2 heterocycles. The van der Waals surface area contributed by atoms with E-state index in [1.165, 1.54) is 18.1 Å². The molecular weight excluding hydrogens is 424 g/mol. The first-order valence-electron chi connectivity index (χ1n) is 8.77. The highest BCUT2D eigenvalue weighted by molar-refractivity contribution is 7.99. The van der Waals surface area contributed by atoms with E-state index < -0.39 is 44.9 Å². The van der Waals surface area contributed by atoms with Gasteiger partial charge in [0.2, 0.25) is 15.9 Å². The van der Waals surface area contributed by atoms with Gasteiger partial charge in [-0.05, 0) is 30.9 Å². The molecule has 2 aliphatic rings. The Bertz CT molecular complexity index is 1090. The SMILES string of the molecule is Nc1ncnc2c1SCC2C(=O)Nc1c(F)ccc(NS(=O)(=O)CC2CC2)c1F. The Morgan fingerprint density at radius 2 is 2.03 bits per heavy atom. The smallest absolute Gasteiger partial charge is 0.234 e. The van der Waals surface area contributed by atoms with Gasteiger partial charge < -0.3 is 11.1 Å². The van der Waals surface area contributed by atoms with E-state index in [0.717, 1.165) is 25.0 Å². The van der Waals surface area contributed by atoms with Crippen molar-refractivity contribution in [2.24, 2.45) is 5.92 Å². The maximum Gasteiger partial charge on any atom is 0.234 e. The van der Waals surface area contributed by atoms with E-state index in [1.807, 2.05) is 0 Å². The van der Waals surface area contributed by atoms with Crippen LogP contribution in [0.2, 0.25) is 0 Å². The number of carbonyl (C=O) groups excluding carboxylic acids is 1. The fraction of sp³-hybridized carbons (Fsp3) is 0.353. The van der Waals surface area contributed by atoms with Crippen molar-refractivity contribution in [1.29, 1.82) is 0 Å². The predicted octanol–water partition coefficient (Wildman–Crippen LogP) is 2.32. The van der Waals surface area contributed by atoms with Gasteiger partial charge in [0.1, 0.15) is 23.6 Å². The summed E-state index contributed by atoms with van der Waals surface area (Å²) >= 11 is 1.28. The molecule has 1 unspecified atom stereocenters. The van der Waals surface area contributed by atoms with Crippen LogP contribution in [0.15, 0.2) is 23.4 Å². The number of aromatic nitrogens is 2. The van der Waals surface area contributed by atoms with Gasteiger partial charge in [-0.15, -0.1) is 11.8 Å². The molecule has 2 aromatic rings. The number of fused-ring (bicyclic) bond motifs is 1. The number of halogens is 2. The first kappa shape index (κ1) is 19.8. The van der Waals surface area contributed by atoms with Crippen LogP contribution in [0.25, 0.3) is 0 Å². The number of hydrogen-bond donors (Lipinski definition) is 3. The predicted molar refractivity (Wildman–Crippen MR) is 105 cm³/mol. The van der Waals surface area contributed by atoms with Crippen LogP contribution < -0.4 is 15.8 Å². The molecule has 0 radical (unpaired) electrons. The number of benzene rings is 1. The highest BCUT2D eigenvalue weighted by Crippen LogP contribution is 2.41. The number of nitrogen functional groups attached to an aromatic ring is 1. The molecule has 1 aliphatic heterocycles. The van der Waals surface area contributed by atoms with E-state index >= 15 is 0 Å². The quantitative estimate of drug-likeness (QED) is 0.628. The summed E-state index contributed by atoms with van der Waals surface area (Å²) in [6, 6.07) is 1.88. The lowest BCUT2D eigenvalue weighted by Crippen LogP contribution is -2.24. The van der Waals surface area contributed by atoms with Gasteiger partial charge in [0, 0.05) is 5.75 Å². The molecule has 0 bridgehead atoms. The molecule has 29 heavy (non-hydrogen) atoms. The Morgan fingerprint density at radius 3 is 2.76 bits per heavy atom. The number of rotatable bonds is 6. The van der Waals surface area contributed by atoms with E-state index in [4.69, 9.17) is 5.73 Å². The van der Waals surface area contributed by atoms with Crippen LogP contribution in [0.5, 0.6) is 0 Å². The second kappa shape index (κ2) is 7.41. The highest BCUT2D eigenvalue weighted by Gasteiger charge is 2.34.